The van der Waals surface area contributed by atoms with Crippen LogP contribution in [0.15, 0.2) is 215 Å². The summed E-state index contributed by atoms with van der Waals surface area (Å²) in [5, 5.41) is 6.19. The standard InChI is InChI=1S/C55H34N4O2/c1-3-15-39(16-4-1)59(40-17-5-2-6-18-40)41-29-25-35(26-30-41)37-27-31-50-47(33-37)52-45(22-12-24-51(52)61-50)55-57-53(38-28-32-49-46(34-38)43-20-9-10-23-48(43)60-49)56-54(58-55)44-21-11-14-36-13-7-8-19-42(36)44/h1-34H. The van der Waals surface area contributed by atoms with Gasteiger partial charge in [-0.25, -0.2) is 15.0 Å². The van der Waals surface area contributed by atoms with Gasteiger partial charge < -0.3 is 13.7 Å². The van der Waals surface area contributed by atoms with E-state index < -0.39 is 0 Å². The molecule has 3 heterocycles. The summed E-state index contributed by atoms with van der Waals surface area (Å²) in [7, 11) is 0. The fraction of sp³-hybridized carbons (Fsp3) is 0. The molecule has 0 bridgehead atoms. The number of nitrogens with zero attached hydrogens (tertiary/aromatic N) is 4. The van der Waals surface area contributed by atoms with E-state index in [4.69, 9.17) is 23.8 Å². The first-order valence-electron chi connectivity index (χ1n) is 20.3. The average molecular weight is 783 g/mol. The van der Waals surface area contributed by atoms with Crippen LogP contribution in [0.4, 0.5) is 17.1 Å². The highest BCUT2D eigenvalue weighted by atomic mass is 16.3. The number of rotatable bonds is 7. The van der Waals surface area contributed by atoms with E-state index in [9.17, 15) is 0 Å². The zero-order valence-corrected chi connectivity index (χ0v) is 32.7. The summed E-state index contributed by atoms with van der Waals surface area (Å²) >= 11 is 0. The summed E-state index contributed by atoms with van der Waals surface area (Å²) in [6.45, 7) is 0. The van der Waals surface area contributed by atoms with Crippen LogP contribution in [0.2, 0.25) is 0 Å². The predicted octanol–water partition coefficient (Wildman–Crippen LogP) is 15.0. The van der Waals surface area contributed by atoms with Crippen molar-refractivity contribution < 1.29 is 8.83 Å². The molecular formula is C55H34N4O2. The van der Waals surface area contributed by atoms with Gasteiger partial charge in [-0.1, -0.05) is 127 Å². The maximum atomic E-state index is 6.53. The van der Waals surface area contributed by atoms with Crippen LogP contribution in [0.1, 0.15) is 0 Å². The van der Waals surface area contributed by atoms with Crippen LogP contribution in [0.5, 0.6) is 0 Å². The van der Waals surface area contributed by atoms with E-state index in [-0.39, 0.29) is 0 Å². The van der Waals surface area contributed by atoms with Crippen LogP contribution in [-0.2, 0) is 0 Å². The van der Waals surface area contributed by atoms with E-state index in [2.05, 4.69) is 157 Å². The molecule has 6 heteroatoms. The first-order valence-corrected chi connectivity index (χ1v) is 20.3. The zero-order chi connectivity index (χ0) is 40.3. The minimum Gasteiger partial charge on any atom is -0.456 e. The Labute approximate surface area is 350 Å². The lowest BCUT2D eigenvalue weighted by molar-refractivity contribution is 0.668. The Morgan fingerprint density at radius 2 is 0.820 bits per heavy atom. The molecule has 0 aliphatic heterocycles. The lowest BCUT2D eigenvalue weighted by Crippen LogP contribution is -2.09. The van der Waals surface area contributed by atoms with E-state index in [0.717, 1.165) is 99.5 Å². The maximum absolute atomic E-state index is 6.53. The molecule has 0 unspecified atom stereocenters. The van der Waals surface area contributed by atoms with Crippen molar-refractivity contribution in [2.75, 3.05) is 4.90 Å². The second-order valence-corrected chi connectivity index (χ2v) is 15.2. The Kier molecular flexibility index (Phi) is 8.06. The quantitative estimate of drug-likeness (QED) is 0.160. The molecule has 12 rings (SSSR count). The van der Waals surface area contributed by atoms with Gasteiger partial charge in [0.05, 0.1) is 0 Å². The first kappa shape index (κ1) is 34.7. The molecule has 3 aromatic heterocycles. The number of aromatic nitrogens is 3. The lowest BCUT2D eigenvalue weighted by Gasteiger charge is -2.25. The van der Waals surface area contributed by atoms with Gasteiger partial charge in [-0.2, -0.15) is 0 Å². The number of furan rings is 2. The number of anilines is 3. The van der Waals surface area contributed by atoms with E-state index in [1.807, 2.05) is 54.6 Å². The summed E-state index contributed by atoms with van der Waals surface area (Å²) in [5.74, 6) is 1.74. The van der Waals surface area contributed by atoms with Crippen molar-refractivity contribution in [1.29, 1.82) is 0 Å². The Morgan fingerprint density at radius 1 is 0.311 bits per heavy atom. The molecule has 0 spiro atoms. The molecule has 0 atom stereocenters. The highest BCUT2D eigenvalue weighted by molar-refractivity contribution is 6.13. The van der Waals surface area contributed by atoms with Crippen LogP contribution in [-0.4, -0.2) is 15.0 Å². The van der Waals surface area contributed by atoms with Crippen molar-refractivity contribution in [3.8, 4) is 45.3 Å². The number of hydrogen-bond donors (Lipinski definition) is 0. The number of para-hydroxylation sites is 3. The second-order valence-electron chi connectivity index (χ2n) is 15.2. The second kappa shape index (κ2) is 14.2. The molecule has 0 N–H and O–H groups in total. The summed E-state index contributed by atoms with van der Waals surface area (Å²) in [6, 6.07) is 71.1. The molecule has 0 aliphatic carbocycles. The third kappa shape index (κ3) is 6.00. The fourth-order valence-corrected chi connectivity index (χ4v) is 8.63. The summed E-state index contributed by atoms with van der Waals surface area (Å²) in [5.41, 5.74) is 11.3. The SMILES string of the molecule is c1ccc(N(c2ccccc2)c2ccc(-c3ccc4oc5cccc(-c6nc(-c7ccc8oc9ccccc9c8c7)nc(-c7cccc8ccccc78)n6)c5c4c3)cc2)cc1. The molecule has 286 valence electrons. The molecule has 0 aliphatic rings. The monoisotopic (exact) mass is 782 g/mol. The van der Waals surface area contributed by atoms with Crippen LogP contribution in [0.3, 0.4) is 0 Å². The molecule has 9 aromatic carbocycles. The fourth-order valence-electron chi connectivity index (χ4n) is 8.63. The first-order chi connectivity index (χ1) is 30.2. The minimum absolute atomic E-state index is 0.565. The van der Waals surface area contributed by atoms with Gasteiger partial charge in [0.25, 0.3) is 0 Å². The van der Waals surface area contributed by atoms with E-state index in [1.54, 1.807) is 0 Å². The molecule has 0 saturated carbocycles. The van der Waals surface area contributed by atoms with Gasteiger partial charge in [-0.3, -0.25) is 0 Å². The highest BCUT2D eigenvalue weighted by Crippen LogP contribution is 2.41. The summed E-state index contributed by atoms with van der Waals surface area (Å²) in [4.78, 5) is 18.0. The van der Waals surface area contributed by atoms with Crippen LogP contribution in [0.25, 0.3) is 99.9 Å². The average Bonchev–Trinajstić information content (AvgIpc) is 3.90. The topological polar surface area (TPSA) is 68.2 Å². The maximum Gasteiger partial charge on any atom is 0.164 e. The van der Waals surface area contributed by atoms with E-state index in [0.29, 0.717) is 17.5 Å². The van der Waals surface area contributed by atoms with Crippen molar-refractivity contribution in [3.05, 3.63) is 206 Å². The molecule has 0 fully saturated rings. The predicted molar refractivity (Wildman–Crippen MR) is 248 cm³/mol. The van der Waals surface area contributed by atoms with Crippen molar-refractivity contribution >= 4 is 71.7 Å². The van der Waals surface area contributed by atoms with Gasteiger partial charge in [0, 0.05) is 55.3 Å². The zero-order valence-electron chi connectivity index (χ0n) is 32.7. The Bertz CT molecular complexity index is 3550. The van der Waals surface area contributed by atoms with Crippen LogP contribution >= 0.6 is 0 Å². The van der Waals surface area contributed by atoms with Gasteiger partial charge >= 0.3 is 0 Å². The van der Waals surface area contributed by atoms with Crippen molar-refractivity contribution in [2.45, 2.75) is 0 Å². The Balaban J connectivity index is 1.01. The summed E-state index contributed by atoms with van der Waals surface area (Å²) in [6.07, 6.45) is 0. The van der Waals surface area contributed by atoms with Crippen LogP contribution < -0.4 is 4.90 Å². The van der Waals surface area contributed by atoms with E-state index >= 15 is 0 Å². The number of benzene rings is 9. The van der Waals surface area contributed by atoms with Gasteiger partial charge in [-0.15, -0.1) is 0 Å². The molecule has 6 nitrogen and oxygen atoms in total. The highest BCUT2D eigenvalue weighted by Gasteiger charge is 2.20. The van der Waals surface area contributed by atoms with Gasteiger partial charge in [0.15, 0.2) is 17.5 Å². The molecule has 0 saturated heterocycles. The smallest absolute Gasteiger partial charge is 0.164 e. The minimum atomic E-state index is 0.565. The Morgan fingerprint density at radius 3 is 1.61 bits per heavy atom. The number of hydrogen-bond acceptors (Lipinski definition) is 6. The molecule has 0 radical (unpaired) electrons. The normalized spacial score (nSPS) is 11.6. The number of fused-ring (bicyclic) bond motifs is 7. The summed E-state index contributed by atoms with van der Waals surface area (Å²) < 4.78 is 12.7. The van der Waals surface area contributed by atoms with Crippen molar-refractivity contribution in [3.63, 3.8) is 0 Å². The molecular weight excluding hydrogens is 749 g/mol. The van der Waals surface area contributed by atoms with Crippen LogP contribution in [0, 0.1) is 0 Å². The lowest BCUT2D eigenvalue weighted by atomic mass is 10.00. The van der Waals surface area contributed by atoms with Gasteiger partial charge in [0.2, 0.25) is 0 Å². The van der Waals surface area contributed by atoms with Gasteiger partial charge in [-0.05, 0) is 101 Å². The van der Waals surface area contributed by atoms with Crippen molar-refractivity contribution in [1.82, 2.24) is 15.0 Å². The largest absolute Gasteiger partial charge is 0.456 e. The van der Waals surface area contributed by atoms with Gasteiger partial charge in [0.1, 0.15) is 22.3 Å². The molecule has 12 aromatic rings. The van der Waals surface area contributed by atoms with E-state index in [1.165, 1.54) is 0 Å². The third-order valence-corrected chi connectivity index (χ3v) is 11.5. The molecule has 61 heavy (non-hydrogen) atoms. The molecule has 0 amide bonds. The van der Waals surface area contributed by atoms with Crippen molar-refractivity contribution in [2.24, 2.45) is 0 Å². The third-order valence-electron chi connectivity index (χ3n) is 11.5. The Hall–Kier alpha value is -8.35.